The Morgan fingerprint density at radius 2 is 1.83 bits per heavy atom. The lowest BCUT2D eigenvalue weighted by molar-refractivity contribution is -0.385. The van der Waals surface area contributed by atoms with Crippen molar-refractivity contribution < 1.29 is 28.4 Å². The molecule has 0 amide bonds. The number of hydrogen-bond donors (Lipinski definition) is 0. The Labute approximate surface area is 129 Å². The predicted octanol–water partition coefficient (Wildman–Crippen LogP) is 2.74. The summed E-state index contributed by atoms with van der Waals surface area (Å²) in [5, 5.41) is 11.0. The Bertz CT molecular complexity index is 789. The maximum absolute atomic E-state index is 13.6. The van der Waals surface area contributed by atoms with E-state index in [1.807, 2.05) is 0 Å². The number of halogens is 1. The largest absolute Gasteiger partial charge is 0.465 e. The molecule has 0 heterocycles. The molecule has 0 aliphatic heterocycles. The van der Waals surface area contributed by atoms with Gasteiger partial charge in [0.15, 0.2) is 0 Å². The molecule has 0 atom stereocenters. The van der Waals surface area contributed by atoms with Gasteiger partial charge in [0.05, 0.1) is 23.2 Å². The topological polar surface area (TPSA) is 95.7 Å². The summed E-state index contributed by atoms with van der Waals surface area (Å²) in [6.45, 7) is 0. The number of nitro groups is 1. The van der Waals surface area contributed by atoms with E-state index in [1.54, 1.807) is 0 Å². The van der Waals surface area contributed by atoms with Crippen molar-refractivity contribution in [3.63, 3.8) is 0 Å². The summed E-state index contributed by atoms with van der Waals surface area (Å²) in [7, 11) is 1.13. The SMILES string of the molecule is COC(=O)c1ccc([N+](=O)[O-])c(OC(=O)c2ccccc2F)c1. The monoisotopic (exact) mass is 319 g/mol. The van der Waals surface area contributed by atoms with Crippen molar-refractivity contribution in [3.8, 4) is 5.75 Å². The number of ether oxygens (including phenoxy) is 2. The van der Waals surface area contributed by atoms with E-state index in [4.69, 9.17) is 4.74 Å². The van der Waals surface area contributed by atoms with Gasteiger partial charge in [0.1, 0.15) is 5.82 Å². The Balaban J connectivity index is 2.40. The summed E-state index contributed by atoms with van der Waals surface area (Å²) in [5.74, 6) is -3.19. The first-order valence-corrected chi connectivity index (χ1v) is 6.27. The van der Waals surface area contributed by atoms with Crippen LogP contribution in [0.2, 0.25) is 0 Å². The number of nitro benzene ring substituents is 1. The summed E-state index contributed by atoms with van der Waals surface area (Å²) < 4.78 is 22.9. The molecule has 2 aromatic carbocycles. The van der Waals surface area contributed by atoms with Crippen LogP contribution in [-0.4, -0.2) is 24.0 Å². The molecule has 118 valence electrons. The highest BCUT2D eigenvalue weighted by atomic mass is 19.1. The van der Waals surface area contributed by atoms with Crippen LogP contribution in [0.15, 0.2) is 42.5 Å². The molecular formula is C15H10FNO6. The molecule has 0 aromatic heterocycles. The van der Waals surface area contributed by atoms with Crippen LogP contribution in [0.4, 0.5) is 10.1 Å². The fourth-order valence-electron chi connectivity index (χ4n) is 1.77. The quantitative estimate of drug-likeness (QED) is 0.372. The number of rotatable bonds is 4. The second kappa shape index (κ2) is 6.65. The zero-order chi connectivity index (χ0) is 17.0. The molecule has 0 radical (unpaired) electrons. The van der Waals surface area contributed by atoms with Crippen molar-refractivity contribution in [1.82, 2.24) is 0 Å². The molecule has 0 spiro atoms. The fraction of sp³-hybridized carbons (Fsp3) is 0.0667. The third kappa shape index (κ3) is 3.49. The van der Waals surface area contributed by atoms with Gasteiger partial charge < -0.3 is 9.47 Å². The van der Waals surface area contributed by atoms with Crippen LogP contribution in [0.1, 0.15) is 20.7 Å². The van der Waals surface area contributed by atoms with Crippen molar-refractivity contribution in [2.45, 2.75) is 0 Å². The summed E-state index contributed by atoms with van der Waals surface area (Å²) in [5.41, 5.74) is -0.970. The third-order valence-corrected chi connectivity index (χ3v) is 2.87. The molecule has 8 heteroatoms. The van der Waals surface area contributed by atoms with E-state index >= 15 is 0 Å². The van der Waals surface area contributed by atoms with Gasteiger partial charge in [0, 0.05) is 12.1 Å². The highest BCUT2D eigenvalue weighted by Gasteiger charge is 2.22. The molecule has 0 saturated heterocycles. The third-order valence-electron chi connectivity index (χ3n) is 2.87. The van der Waals surface area contributed by atoms with Gasteiger partial charge in [-0.15, -0.1) is 0 Å². The van der Waals surface area contributed by atoms with E-state index in [9.17, 15) is 24.1 Å². The van der Waals surface area contributed by atoms with Crippen LogP contribution in [0.5, 0.6) is 5.75 Å². The second-order valence-electron chi connectivity index (χ2n) is 4.30. The summed E-state index contributed by atoms with van der Waals surface area (Å²) in [4.78, 5) is 33.6. The Morgan fingerprint density at radius 1 is 1.13 bits per heavy atom. The smallest absolute Gasteiger partial charge is 0.346 e. The highest BCUT2D eigenvalue weighted by Crippen LogP contribution is 2.29. The van der Waals surface area contributed by atoms with Gasteiger partial charge in [-0.1, -0.05) is 12.1 Å². The minimum absolute atomic E-state index is 0.0468. The van der Waals surface area contributed by atoms with Crippen LogP contribution >= 0.6 is 0 Å². The van der Waals surface area contributed by atoms with E-state index < -0.39 is 34.1 Å². The van der Waals surface area contributed by atoms with E-state index in [0.717, 1.165) is 31.4 Å². The van der Waals surface area contributed by atoms with Gasteiger partial charge in [0.2, 0.25) is 5.75 Å². The van der Waals surface area contributed by atoms with Crippen LogP contribution in [0, 0.1) is 15.9 Å². The standard InChI is InChI=1S/C15H10FNO6/c1-22-14(18)9-6-7-12(17(20)21)13(8-9)23-15(19)10-4-2-3-5-11(10)16/h2-8H,1H3. The van der Waals surface area contributed by atoms with Crippen molar-refractivity contribution in [2.24, 2.45) is 0 Å². The van der Waals surface area contributed by atoms with Gasteiger partial charge in [0.25, 0.3) is 0 Å². The van der Waals surface area contributed by atoms with E-state index in [0.29, 0.717) is 0 Å². The number of hydrogen-bond acceptors (Lipinski definition) is 6. The molecule has 23 heavy (non-hydrogen) atoms. The highest BCUT2D eigenvalue weighted by molar-refractivity contribution is 5.93. The maximum Gasteiger partial charge on any atom is 0.346 e. The number of nitrogens with zero attached hydrogens (tertiary/aromatic N) is 1. The van der Waals surface area contributed by atoms with Gasteiger partial charge in [-0.25, -0.2) is 14.0 Å². The number of esters is 2. The average molecular weight is 319 g/mol. The molecule has 2 rings (SSSR count). The van der Waals surface area contributed by atoms with Crippen molar-refractivity contribution in [1.29, 1.82) is 0 Å². The van der Waals surface area contributed by atoms with Gasteiger partial charge in [-0.2, -0.15) is 0 Å². The summed E-state index contributed by atoms with van der Waals surface area (Å²) in [6.07, 6.45) is 0. The lowest BCUT2D eigenvalue weighted by Crippen LogP contribution is -2.12. The minimum atomic E-state index is -1.12. The Kier molecular flexibility index (Phi) is 4.65. The molecule has 0 aliphatic carbocycles. The second-order valence-corrected chi connectivity index (χ2v) is 4.30. The molecule has 0 saturated carbocycles. The van der Waals surface area contributed by atoms with Gasteiger partial charge in [-0.3, -0.25) is 10.1 Å². The minimum Gasteiger partial charge on any atom is -0.465 e. The van der Waals surface area contributed by atoms with Crippen molar-refractivity contribution in [3.05, 3.63) is 69.5 Å². The average Bonchev–Trinajstić information content (AvgIpc) is 2.54. The molecule has 0 N–H and O–H groups in total. The number of carbonyl (C=O) groups is 2. The molecule has 2 aromatic rings. The maximum atomic E-state index is 13.6. The number of carbonyl (C=O) groups excluding carboxylic acids is 2. The molecule has 0 unspecified atom stereocenters. The zero-order valence-corrected chi connectivity index (χ0v) is 11.8. The van der Waals surface area contributed by atoms with Gasteiger partial charge >= 0.3 is 17.6 Å². The Hall–Kier alpha value is -3.29. The summed E-state index contributed by atoms with van der Waals surface area (Å²) >= 11 is 0. The van der Waals surface area contributed by atoms with Crippen molar-refractivity contribution in [2.75, 3.05) is 7.11 Å². The zero-order valence-electron chi connectivity index (χ0n) is 11.8. The van der Waals surface area contributed by atoms with Crippen LogP contribution in [-0.2, 0) is 4.74 Å². The number of methoxy groups -OCH3 is 1. The number of benzene rings is 2. The first kappa shape index (κ1) is 16.1. The molecule has 0 fully saturated rings. The van der Waals surface area contributed by atoms with Gasteiger partial charge in [-0.05, 0) is 18.2 Å². The first-order chi connectivity index (χ1) is 10.9. The van der Waals surface area contributed by atoms with E-state index in [2.05, 4.69) is 4.74 Å². The Morgan fingerprint density at radius 3 is 2.43 bits per heavy atom. The first-order valence-electron chi connectivity index (χ1n) is 6.27. The summed E-state index contributed by atoms with van der Waals surface area (Å²) in [6, 6.07) is 8.16. The molecular weight excluding hydrogens is 309 g/mol. The fourth-order valence-corrected chi connectivity index (χ4v) is 1.77. The lowest BCUT2D eigenvalue weighted by atomic mass is 10.2. The molecule has 0 aliphatic rings. The lowest BCUT2D eigenvalue weighted by Gasteiger charge is -2.07. The molecule has 7 nitrogen and oxygen atoms in total. The van der Waals surface area contributed by atoms with Crippen LogP contribution in [0.3, 0.4) is 0 Å². The van der Waals surface area contributed by atoms with E-state index in [-0.39, 0.29) is 11.1 Å². The van der Waals surface area contributed by atoms with Crippen molar-refractivity contribution >= 4 is 17.6 Å². The van der Waals surface area contributed by atoms with E-state index in [1.165, 1.54) is 18.2 Å². The van der Waals surface area contributed by atoms with Crippen LogP contribution in [0.25, 0.3) is 0 Å². The normalized spacial score (nSPS) is 10.0. The predicted molar refractivity (Wildman–Crippen MR) is 75.8 cm³/mol. The van der Waals surface area contributed by atoms with Crippen LogP contribution < -0.4 is 4.74 Å². The molecule has 0 bridgehead atoms.